The van der Waals surface area contributed by atoms with Gasteiger partial charge in [-0.2, -0.15) is 0 Å². The van der Waals surface area contributed by atoms with Crippen LogP contribution in [0.15, 0.2) is 103 Å². The number of fused-ring (bicyclic) bond motifs is 1. The van der Waals surface area contributed by atoms with E-state index in [1.807, 2.05) is 79.7 Å². The third-order valence-electron chi connectivity index (χ3n) is 6.53. The molecule has 8 heteroatoms. The van der Waals surface area contributed by atoms with E-state index in [1.165, 1.54) is 0 Å². The molecule has 41 heavy (non-hydrogen) atoms. The minimum Gasteiger partial charge on any atom is -0.382 e. The number of carbonyl (C=O) groups is 1. The van der Waals surface area contributed by atoms with Crippen molar-refractivity contribution in [3.63, 3.8) is 0 Å². The lowest BCUT2D eigenvalue weighted by Gasteiger charge is -2.20. The lowest BCUT2D eigenvalue weighted by atomic mass is 9.99. The Hall–Kier alpha value is -4.37. The van der Waals surface area contributed by atoms with E-state index in [0.717, 1.165) is 48.9 Å². The zero-order valence-electron chi connectivity index (χ0n) is 23.4. The normalized spacial score (nSPS) is 12.2. The molecule has 1 atom stereocenters. The first-order valence-electron chi connectivity index (χ1n) is 13.4. The fourth-order valence-electron chi connectivity index (χ4n) is 4.66. The van der Waals surface area contributed by atoms with E-state index in [2.05, 4.69) is 45.9 Å². The van der Waals surface area contributed by atoms with Gasteiger partial charge in [0.15, 0.2) is 0 Å². The molecule has 2 N–H and O–H groups in total. The summed E-state index contributed by atoms with van der Waals surface area (Å²) in [5, 5.41) is 7.59. The third kappa shape index (κ3) is 6.86. The SMILES string of the molecule is COCC(Nc1ncnc2sc(-c3cccc(NC(=O)C=CCN(C)C)c3)c(-c3ccccc3)c12)c1ccccc1. The highest BCUT2D eigenvalue weighted by molar-refractivity contribution is 7.22. The molecule has 1 unspecified atom stereocenters. The van der Waals surface area contributed by atoms with Crippen LogP contribution < -0.4 is 10.6 Å². The minimum absolute atomic E-state index is 0.0923. The third-order valence-corrected chi connectivity index (χ3v) is 7.68. The highest BCUT2D eigenvalue weighted by Crippen LogP contribution is 2.46. The van der Waals surface area contributed by atoms with Crippen LogP contribution in [0, 0.1) is 0 Å². The van der Waals surface area contributed by atoms with E-state index < -0.39 is 0 Å². The largest absolute Gasteiger partial charge is 0.382 e. The number of carbonyl (C=O) groups excluding carboxylic acids is 1. The summed E-state index contributed by atoms with van der Waals surface area (Å²) in [6.45, 7) is 1.18. The van der Waals surface area contributed by atoms with Crippen LogP contribution in [-0.4, -0.2) is 55.1 Å². The van der Waals surface area contributed by atoms with Crippen LogP contribution in [-0.2, 0) is 9.53 Å². The Kier molecular flexibility index (Phi) is 9.15. The molecule has 2 heterocycles. The smallest absolute Gasteiger partial charge is 0.248 e. The van der Waals surface area contributed by atoms with Crippen molar-refractivity contribution < 1.29 is 9.53 Å². The molecule has 0 aliphatic heterocycles. The van der Waals surface area contributed by atoms with Crippen LogP contribution in [0.25, 0.3) is 31.8 Å². The summed E-state index contributed by atoms with van der Waals surface area (Å²) in [7, 11) is 5.63. The van der Waals surface area contributed by atoms with Gasteiger partial charge in [-0.3, -0.25) is 4.79 Å². The van der Waals surface area contributed by atoms with Gasteiger partial charge >= 0.3 is 0 Å². The number of nitrogens with zero attached hydrogens (tertiary/aromatic N) is 3. The Morgan fingerprint density at radius 3 is 2.44 bits per heavy atom. The molecule has 5 rings (SSSR count). The fraction of sp³-hybridized carbons (Fsp3) is 0.182. The van der Waals surface area contributed by atoms with Gasteiger partial charge in [-0.15, -0.1) is 11.3 Å². The molecule has 3 aromatic carbocycles. The molecule has 0 radical (unpaired) electrons. The minimum atomic E-state index is -0.161. The molecule has 2 aromatic heterocycles. The number of hydrogen-bond acceptors (Lipinski definition) is 7. The summed E-state index contributed by atoms with van der Waals surface area (Å²) in [6, 6.07) is 28.4. The second-order valence-corrected chi connectivity index (χ2v) is 10.9. The molecule has 0 aliphatic rings. The second kappa shape index (κ2) is 13.3. The summed E-state index contributed by atoms with van der Waals surface area (Å²) in [4.78, 5) is 25.8. The van der Waals surface area contributed by atoms with Gasteiger partial charge in [0, 0.05) is 35.9 Å². The molecule has 5 aromatic rings. The standard InChI is InChI=1S/C33H33N5O2S/c1-38(2)19-11-18-28(39)36-26-17-10-16-25(20-26)31-29(24-14-8-5-9-15-24)30-32(34-22-35-33(30)41-31)37-27(21-40-3)23-12-6-4-7-13-23/h4-18,20,22,27H,19,21H2,1-3H3,(H,36,39)(H,34,35,37). The zero-order valence-corrected chi connectivity index (χ0v) is 24.2. The Bertz CT molecular complexity index is 1630. The van der Waals surface area contributed by atoms with Gasteiger partial charge in [0.05, 0.1) is 18.0 Å². The van der Waals surface area contributed by atoms with Crippen LogP contribution in [0.1, 0.15) is 11.6 Å². The van der Waals surface area contributed by atoms with Gasteiger partial charge in [0.2, 0.25) is 5.91 Å². The Balaban J connectivity index is 1.58. The van der Waals surface area contributed by atoms with Crippen molar-refractivity contribution in [2.75, 3.05) is 45.0 Å². The highest BCUT2D eigenvalue weighted by atomic mass is 32.1. The number of rotatable bonds is 11. The first-order chi connectivity index (χ1) is 20.0. The van der Waals surface area contributed by atoms with Crippen LogP contribution in [0.3, 0.4) is 0 Å². The number of likely N-dealkylation sites (N-methyl/N-ethyl adjacent to an activating group) is 1. The number of ether oxygens (including phenoxy) is 1. The van der Waals surface area contributed by atoms with Crippen LogP contribution >= 0.6 is 11.3 Å². The predicted octanol–water partition coefficient (Wildman–Crippen LogP) is 6.88. The molecular weight excluding hydrogens is 530 g/mol. The average molecular weight is 564 g/mol. The number of anilines is 2. The maximum atomic E-state index is 12.5. The molecule has 7 nitrogen and oxygen atoms in total. The van der Waals surface area contributed by atoms with E-state index in [9.17, 15) is 4.79 Å². The van der Waals surface area contributed by atoms with Crippen molar-refractivity contribution in [1.29, 1.82) is 0 Å². The average Bonchev–Trinajstić information content (AvgIpc) is 3.38. The number of methoxy groups -OCH3 is 1. The van der Waals surface area contributed by atoms with Gasteiger partial charge in [-0.1, -0.05) is 78.9 Å². The van der Waals surface area contributed by atoms with Gasteiger partial charge in [-0.05, 0) is 42.9 Å². The van der Waals surface area contributed by atoms with Gasteiger partial charge in [-0.25, -0.2) is 9.97 Å². The van der Waals surface area contributed by atoms with Crippen molar-refractivity contribution in [1.82, 2.24) is 14.9 Å². The van der Waals surface area contributed by atoms with Crippen molar-refractivity contribution in [2.45, 2.75) is 6.04 Å². The maximum absolute atomic E-state index is 12.5. The molecule has 0 fully saturated rings. The first-order valence-corrected chi connectivity index (χ1v) is 14.2. The van der Waals surface area contributed by atoms with Gasteiger partial charge < -0.3 is 20.3 Å². The van der Waals surface area contributed by atoms with Gasteiger partial charge in [0.1, 0.15) is 17.0 Å². The molecule has 0 saturated carbocycles. The summed E-state index contributed by atoms with van der Waals surface area (Å²) in [5.41, 5.74) is 4.94. The van der Waals surface area contributed by atoms with Crippen LogP contribution in [0.2, 0.25) is 0 Å². The highest BCUT2D eigenvalue weighted by Gasteiger charge is 2.22. The number of nitrogens with one attached hydrogen (secondary N) is 2. The number of hydrogen-bond donors (Lipinski definition) is 2. The summed E-state index contributed by atoms with van der Waals surface area (Å²) < 4.78 is 5.57. The number of amides is 1. The Labute approximate surface area is 244 Å². The van der Waals surface area contributed by atoms with Crippen molar-refractivity contribution >= 4 is 39.0 Å². The summed E-state index contributed by atoms with van der Waals surface area (Å²) in [5.74, 6) is 0.587. The van der Waals surface area contributed by atoms with E-state index >= 15 is 0 Å². The lowest BCUT2D eigenvalue weighted by molar-refractivity contribution is -0.111. The molecular formula is C33H33N5O2S. The van der Waals surface area contributed by atoms with Gasteiger partial charge in [0.25, 0.3) is 0 Å². The Morgan fingerprint density at radius 2 is 1.71 bits per heavy atom. The first kappa shape index (κ1) is 28.2. The molecule has 208 valence electrons. The molecule has 0 bridgehead atoms. The van der Waals surface area contributed by atoms with Crippen LogP contribution in [0.4, 0.5) is 11.5 Å². The predicted molar refractivity (Wildman–Crippen MR) is 169 cm³/mol. The van der Waals surface area contributed by atoms with Crippen LogP contribution in [0.5, 0.6) is 0 Å². The fourth-order valence-corrected chi connectivity index (χ4v) is 5.82. The molecule has 1 amide bonds. The Morgan fingerprint density at radius 1 is 0.976 bits per heavy atom. The quantitative estimate of drug-likeness (QED) is 0.171. The number of aromatic nitrogens is 2. The number of benzene rings is 3. The van der Waals surface area contributed by atoms with E-state index in [4.69, 9.17) is 9.72 Å². The lowest BCUT2D eigenvalue weighted by Crippen LogP contribution is -2.17. The van der Waals surface area contributed by atoms with E-state index in [0.29, 0.717) is 13.2 Å². The van der Waals surface area contributed by atoms with Crippen molar-refractivity contribution in [3.8, 4) is 21.6 Å². The van der Waals surface area contributed by atoms with Crippen molar-refractivity contribution in [3.05, 3.63) is 109 Å². The second-order valence-electron chi connectivity index (χ2n) is 9.87. The van der Waals surface area contributed by atoms with E-state index in [1.54, 1.807) is 30.8 Å². The molecule has 0 saturated heterocycles. The monoisotopic (exact) mass is 563 g/mol. The zero-order chi connectivity index (χ0) is 28.6. The summed E-state index contributed by atoms with van der Waals surface area (Å²) >= 11 is 1.61. The van der Waals surface area contributed by atoms with E-state index in [-0.39, 0.29) is 11.9 Å². The summed E-state index contributed by atoms with van der Waals surface area (Å²) in [6.07, 6.45) is 5.02. The topological polar surface area (TPSA) is 79.4 Å². The van der Waals surface area contributed by atoms with Crippen molar-refractivity contribution in [2.24, 2.45) is 0 Å². The maximum Gasteiger partial charge on any atom is 0.248 e. The number of thiophene rings is 1. The molecule has 0 aliphatic carbocycles. The molecule has 0 spiro atoms.